The van der Waals surface area contributed by atoms with Crippen molar-refractivity contribution in [3.63, 3.8) is 0 Å². The molecule has 5 heteroatoms. The smallest absolute Gasteiger partial charge is 0.251 e. The van der Waals surface area contributed by atoms with E-state index in [1.54, 1.807) is 24.3 Å². The molecule has 1 rings (SSSR count). The molecule has 0 aliphatic rings. The Labute approximate surface area is 145 Å². The largest absolute Gasteiger partial charge is 0.351 e. The zero-order valence-corrected chi connectivity index (χ0v) is 15.4. The Kier molecular flexibility index (Phi) is 9.08. The van der Waals surface area contributed by atoms with Gasteiger partial charge in [0, 0.05) is 30.3 Å². The van der Waals surface area contributed by atoms with Gasteiger partial charge in [-0.15, -0.1) is 0 Å². The van der Waals surface area contributed by atoms with E-state index in [2.05, 4.69) is 29.4 Å². The van der Waals surface area contributed by atoms with Crippen LogP contribution in [0.5, 0.6) is 0 Å². The van der Waals surface area contributed by atoms with Gasteiger partial charge in [-0.1, -0.05) is 27.7 Å². The predicted molar refractivity (Wildman–Crippen MR) is 99.3 cm³/mol. The topological polar surface area (TPSA) is 61.4 Å². The van der Waals surface area contributed by atoms with E-state index < -0.39 is 0 Å². The molecule has 0 radical (unpaired) electrons. The Morgan fingerprint density at radius 2 is 1.58 bits per heavy atom. The highest BCUT2D eigenvalue weighted by Gasteiger charge is 2.14. The molecule has 5 nitrogen and oxygen atoms in total. The third-order valence-electron chi connectivity index (χ3n) is 4.38. The van der Waals surface area contributed by atoms with Gasteiger partial charge in [0.1, 0.15) is 0 Å². The summed E-state index contributed by atoms with van der Waals surface area (Å²) in [6.45, 7) is 11.7. The van der Waals surface area contributed by atoms with Gasteiger partial charge in [0.15, 0.2) is 0 Å². The predicted octanol–water partition coefficient (Wildman–Crippen LogP) is 3.13. The lowest BCUT2D eigenvalue weighted by Crippen LogP contribution is -2.34. The molecule has 2 N–H and O–H groups in total. The van der Waals surface area contributed by atoms with E-state index in [1.165, 1.54) is 0 Å². The number of anilines is 1. The molecule has 0 aliphatic heterocycles. The van der Waals surface area contributed by atoms with Crippen LogP contribution >= 0.6 is 0 Å². The fourth-order valence-corrected chi connectivity index (χ4v) is 2.58. The van der Waals surface area contributed by atoms with Gasteiger partial charge in [-0.25, -0.2) is 0 Å². The van der Waals surface area contributed by atoms with Crippen molar-refractivity contribution in [1.82, 2.24) is 10.2 Å². The minimum Gasteiger partial charge on any atom is -0.351 e. The van der Waals surface area contributed by atoms with E-state index >= 15 is 0 Å². The summed E-state index contributed by atoms with van der Waals surface area (Å²) in [6, 6.07) is 7.05. The second kappa shape index (κ2) is 10.8. The fraction of sp³-hybridized carbons (Fsp3) is 0.579. The third-order valence-corrected chi connectivity index (χ3v) is 4.38. The van der Waals surface area contributed by atoms with E-state index in [0.29, 0.717) is 12.1 Å². The molecule has 0 aromatic heterocycles. The summed E-state index contributed by atoms with van der Waals surface area (Å²) in [6.07, 6.45) is 1.66. The molecule has 0 heterocycles. The molecule has 1 aromatic carbocycles. The number of nitrogens with zero attached hydrogens (tertiary/aromatic N) is 1. The summed E-state index contributed by atoms with van der Waals surface area (Å²) in [4.78, 5) is 26.4. The highest BCUT2D eigenvalue weighted by molar-refractivity contribution is 5.96. The number of rotatable bonds is 10. The van der Waals surface area contributed by atoms with Crippen LogP contribution in [0, 0.1) is 5.92 Å². The van der Waals surface area contributed by atoms with Gasteiger partial charge < -0.3 is 15.5 Å². The maximum atomic E-state index is 12.1. The minimum atomic E-state index is -0.0833. The summed E-state index contributed by atoms with van der Waals surface area (Å²) in [7, 11) is 0. The molecule has 1 aromatic rings. The zero-order valence-electron chi connectivity index (χ0n) is 15.4. The van der Waals surface area contributed by atoms with Gasteiger partial charge >= 0.3 is 0 Å². The lowest BCUT2D eigenvalue weighted by Gasteiger charge is -2.18. The number of likely N-dealkylation sites (N-methyl/N-ethyl adjacent to an activating group) is 1. The second-order valence-electron chi connectivity index (χ2n) is 5.86. The van der Waals surface area contributed by atoms with Crippen molar-refractivity contribution >= 4 is 17.5 Å². The van der Waals surface area contributed by atoms with E-state index in [-0.39, 0.29) is 17.7 Å². The Morgan fingerprint density at radius 3 is 2.08 bits per heavy atom. The Hall–Kier alpha value is -1.88. The van der Waals surface area contributed by atoms with Crippen molar-refractivity contribution in [2.45, 2.75) is 40.5 Å². The summed E-state index contributed by atoms with van der Waals surface area (Å²) in [5.41, 5.74) is 1.33. The molecule has 0 saturated carbocycles. The lowest BCUT2D eigenvalue weighted by molar-refractivity contribution is -0.120. The van der Waals surface area contributed by atoms with Crippen molar-refractivity contribution in [2.75, 3.05) is 31.5 Å². The van der Waals surface area contributed by atoms with Gasteiger partial charge in [0.25, 0.3) is 5.91 Å². The number of carbonyl (C=O) groups excluding carboxylic acids is 2. The number of amides is 2. The van der Waals surface area contributed by atoms with Crippen LogP contribution in [0.3, 0.4) is 0 Å². The number of carbonyl (C=O) groups is 2. The minimum absolute atomic E-state index is 0.0352. The summed E-state index contributed by atoms with van der Waals surface area (Å²) >= 11 is 0. The van der Waals surface area contributed by atoms with Crippen molar-refractivity contribution in [3.05, 3.63) is 29.8 Å². The third kappa shape index (κ3) is 6.32. The maximum Gasteiger partial charge on any atom is 0.251 e. The Bertz CT molecular complexity index is 506. The maximum absolute atomic E-state index is 12.1. The van der Waals surface area contributed by atoms with Crippen LogP contribution in [0.1, 0.15) is 50.9 Å². The molecule has 0 saturated heterocycles. The molecular formula is C19H31N3O2. The summed E-state index contributed by atoms with van der Waals surface area (Å²) < 4.78 is 0. The highest BCUT2D eigenvalue weighted by atomic mass is 16.2. The first-order valence-corrected chi connectivity index (χ1v) is 8.97. The van der Waals surface area contributed by atoms with Crippen LogP contribution in [0.15, 0.2) is 24.3 Å². The highest BCUT2D eigenvalue weighted by Crippen LogP contribution is 2.14. The van der Waals surface area contributed by atoms with Crippen molar-refractivity contribution in [3.8, 4) is 0 Å². The molecule has 0 spiro atoms. The SMILES string of the molecule is CCC(CC)C(=O)Nc1ccc(C(=O)NCCN(CC)CC)cc1. The van der Waals surface area contributed by atoms with Crippen molar-refractivity contribution in [2.24, 2.45) is 5.92 Å². The van der Waals surface area contributed by atoms with Crippen LogP contribution in [-0.2, 0) is 4.79 Å². The van der Waals surface area contributed by atoms with Gasteiger partial charge in [-0.2, -0.15) is 0 Å². The zero-order chi connectivity index (χ0) is 17.9. The van der Waals surface area contributed by atoms with Gasteiger partial charge in [-0.3, -0.25) is 9.59 Å². The molecule has 0 unspecified atom stereocenters. The van der Waals surface area contributed by atoms with E-state index in [1.807, 2.05) is 13.8 Å². The average molecular weight is 333 g/mol. The van der Waals surface area contributed by atoms with Crippen LogP contribution in [0.4, 0.5) is 5.69 Å². The number of hydrogen-bond donors (Lipinski definition) is 2. The van der Waals surface area contributed by atoms with E-state index in [9.17, 15) is 9.59 Å². The normalized spacial score (nSPS) is 10.9. The fourth-order valence-electron chi connectivity index (χ4n) is 2.58. The Balaban J connectivity index is 2.51. The molecule has 2 amide bonds. The van der Waals surface area contributed by atoms with Crippen LogP contribution in [0.2, 0.25) is 0 Å². The first-order chi connectivity index (χ1) is 11.5. The molecule has 0 aliphatic carbocycles. The summed E-state index contributed by atoms with van der Waals surface area (Å²) in [5.74, 6) is -0.00972. The molecule has 134 valence electrons. The standard InChI is InChI=1S/C19H31N3O2/c1-5-15(6-2)19(24)21-17-11-9-16(10-12-17)18(23)20-13-14-22(7-3)8-4/h9-12,15H,5-8,13-14H2,1-4H3,(H,20,23)(H,21,24). The number of nitrogens with one attached hydrogen (secondary N) is 2. The molecule has 0 bridgehead atoms. The quantitative estimate of drug-likeness (QED) is 0.691. The molecular weight excluding hydrogens is 302 g/mol. The van der Waals surface area contributed by atoms with E-state index in [4.69, 9.17) is 0 Å². The first kappa shape index (κ1) is 20.2. The molecule has 0 atom stereocenters. The Morgan fingerprint density at radius 1 is 1.00 bits per heavy atom. The van der Waals surface area contributed by atoms with Crippen molar-refractivity contribution in [1.29, 1.82) is 0 Å². The van der Waals surface area contributed by atoms with Crippen LogP contribution in [-0.4, -0.2) is 42.9 Å². The van der Waals surface area contributed by atoms with Gasteiger partial charge in [0.2, 0.25) is 5.91 Å². The molecule has 24 heavy (non-hydrogen) atoms. The van der Waals surface area contributed by atoms with Crippen molar-refractivity contribution < 1.29 is 9.59 Å². The van der Waals surface area contributed by atoms with E-state index in [0.717, 1.165) is 38.2 Å². The van der Waals surface area contributed by atoms with Crippen LogP contribution in [0.25, 0.3) is 0 Å². The van der Waals surface area contributed by atoms with Gasteiger partial charge in [0.05, 0.1) is 0 Å². The second-order valence-corrected chi connectivity index (χ2v) is 5.86. The average Bonchev–Trinajstić information content (AvgIpc) is 2.60. The molecule has 0 fully saturated rings. The lowest BCUT2D eigenvalue weighted by atomic mass is 10.0. The number of hydrogen-bond acceptors (Lipinski definition) is 3. The summed E-state index contributed by atoms with van der Waals surface area (Å²) in [5, 5.41) is 5.83. The van der Waals surface area contributed by atoms with Gasteiger partial charge in [-0.05, 0) is 50.2 Å². The van der Waals surface area contributed by atoms with Crippen LogP contribution < -0.4 is 10.6 Å². The number of benzene rings is 1. The first-order valence-electron chi connectivity index (χ1n) is 8.97. The monoisotopic (exact) mass is 333 g/mol.